The molecule has 1 aliphatic rings. The van der Waals surface area contributed by atoms with Crippen molar-refractivity contribution in [3.05, 3.63) is 53.5 Å². The maximum Gasteiger partial charge on any atom is 0.290 e. The van der Waals surface area contributed by atoms with E-state index in [9.17, 15) is 9.59 Å². The summed E-state index contributed by atoms with van der Waals surface area (Å²) in [7, 11) is 0. The predicted octanol–water partition coefficient (Wildman–Crippen LogP) is 2.77. The Morgan fingerprint density at radius 3 is 2.65 bits per heavy atom. The van der Waals surface area contributed by atoms with Crippen LogP contribution in [0.3, 0.4) is 0 Å². The molecule has 3 rings (SSSR count). The third-order valence-electron chi connectivity index (χ3n) is 4.52. The quantitative estimate of drug-likeness (QED) is 0.857. The lowest BCUT2D eigenvalue weighted by atomic mass is 10.0. The van der Waals surface area contributed by atoms with Crippen molar-refractivity contribution in [1.82, 2.24) is 4.90 Å². The van der Waals surface area contributed by atoms with E-state index in [1.807, 2.05) is 32.0 Å². The number of nitrogens with zero attached hydrogens (tertiary/aromatic N) is 2. The van der Waals surface area contributed by atoms with Crippen molar-refractivity contribution in [1.29, 1.82) is 0 Å². The second-order valence-corrected chi connectivity index (χ2v) is 5.86. The maximum absolute atomic E-state index is 12.8. The number of carbonyl (C=O) groups excluding carboxylic acids is 2. The molecule has 0 unspecified atom stereocenters. The van der Waals surface area contributed by atoms with E-state index in [2.05, 4.69) is 0 Å². The fourth-order valence-electron chi connectivity index (χ4n) is 2.96. The number of carbonyl (C=O) groups is 2. The monoisotopic (exact) mass is 312 g/mol. The van der Waals surface area contributed by atoms with Gasteiger partial charge in [0, 0.05) is 18.8 Å². The summed E-state index contributed by atoms with van der Waals surface area (Å²) in [5.74, 6) is -0.0360. The molecule has 1 aromatic heterocycles. The fraction of sp³-hybridized carbons (Fsp3) is 0.333. The minimum atomic E-state index is -0.513. The van der Waals surface area contributed by atoms with Crippen LogP contribution in [0.4, 0.5) is 5.69 Å². The summed E-state index contributed by atoms with van der Waals surface area (Å²) in [5, 5.41) is 0. The van der Waals surface area contributed by atoms with Crippen molar-refractivity contribution in [3.8, 4) is 0 Å². The number of rotatable bonds is 2. The lowest BCUT2D eigenvalue weighted by Gasteiger charge is -2.39. The number of benzene rings is 1. The van der Waals surface area contributed by atoms with Gasteiger partial charge in [0.1, 0.15) is 6.04 Å². The van der Waals surface area contributed by atoms with Crippen LogP contribution >= 0.6 is 0 Å². The topological polar surface area (TPSA) is 53.8 Å². The summed E-state index contributed by atoms with van der Waals surface area (Å²) in [4.78, 5) is 28.6. The highest BCUT2D eigenvalue weighted by Gasteiger charge is 2.36. The molecule has 2 amide bonds. The fourth-order valence-corrected chi connectivity index (χ4v) is 2.96. The molecule has 5 heteroatoms. The highest BCUT2D eigenvalue weighted by atomic mass is 16.3. The number of piperazine rings is 1. The Morgan fingerprint density at radius 1 is 1.17 bits per heavy atom. The first-order valence-corrected chi connectivity index (χ1v) is 7.72. The molecule has 1 aliphatic heterocycles. The van der Waals surface area contributed by atoms with Gasteiger partial charge >= 0.3 is 0 Å². The van der Waals surface area contributed by atoms with Gasteiger partial charge < -0.3 is 14.2 Å². The Balaban J connectivity index is 1.84. The minimum absolute atomic E-state index is 0.0649. The molecule has 2 heterocycles. The van der Waals surface area contributed by atoms with Crippen molar-refractivity contribution in [2.45, 2.75) is 26.8 Å². The Bertz CT molecular complexity index is 737. The van der Waals surface area contributed by atoms with Crippen LogP contribution in [-0.2, 0) is 4.79 Å². The van der Waals surface area contributed by atoms with Crippen molar-refractivity contribution in [2.24, 2.45) is 0 Å². The molecule has 2 aromatic rings. The van der Waals surface area contributed by atoms with Crippen LogP contribution in [-0.4, -0.2) is 35.8 Å². The van der Waals surface area contributed by atoms with E-state index in [0.29, 0.717) is 13.1 Å². The van der Waals surface area contributed by atoms with Gasteiger partial charge in [0.05, 0.1) is 6.26 Å². The lowest BCUT2D eigenvalue weighted by molar-refractivity contribution is -0.124. The van der Waals surface area contributed by atoms with Crippen molar-refractivity contribution < 1.29 is 14.0 Å². The molecule has 0 saturated carbocycles. The molecule has 1 fully saturated rings. The van der Waals surface area contributed by atoms with Gasteiger partial charge in [-0.15, -0.1) is 0 Å². The average Bonchev–Trinajstić information content (AvgIpc) is 3.07. The zero-order valence-electron chi connectivity index (χ0n) is 13.6. The van der Waals surface area contributed by atoms with Crippen LogP contribution in [0.25, 0.3) is 0 Å². The molecule has 1 atom stereocenters. The predicted molar refractivity (Wildman–Crippen MR) is 87.5 cm³/mol. The van der Waals surface area contributed by atoms with Gasteiger partial charge in [0.2, 0.25) is 5.91 Å². The van der Waals surface area contributed by atoms with E-state index < -0.39 is 6.04 Å². The van der Waals surface area contributed by atoms with E-state index in [4.69, 9.17) is 4.42 Å². The highest BCUT2D eigenvalue weighted by molar-refractivity contribution is 6.03. The molecule has 120 valence electrons. The SMILES string of the molecule is Cc1cccc(N2CCN(C(=O)c3ccco3)[C@@H](C)C2=O)c1C. The third kappa shape index (κ3) is 2.63. The van der Waals surface area contributed by atoms with Gasteiger partial charge in [-0.2, -0.15) is 0 Å². The molecule has 1 saturated heterocycles. The van der Waals surface area contributed by atoms with Crippen LogP contribution in [0.2, 0.25) is 0 Å². The zero-order valence-corrected chi connectivity index (χ0v) is 13.6. The molecule has 0 spiro atoms. The highest BCUT2D eigenvalue weighted by Crippen LogP contribution is 2.26. The van der Waals surface area contributed by atoms with Gasteiger partial charge in [-0.25, -0.2) is 0 Å². The Hall–Kier alpha value is -2.56. The normalized spacial score (nSPS) is 18.4. The van der Waals surface area contributed by atoms with Gasteiger partial charge in [0.25, 0.3) is 5.91 Å². The summed E-state index contributed by atoms with van der Waals surface area (Å²) >= 11 is 0. The first-order valence-electron chi connectivity index (χ1n) is 7.72. The van der Waals surface area contributed by atoms with Gasteiger partial charge in [0.15, 0.2) is 5.76 Å². The second kappa shape index (κ2) is 5.91. The standard InChI is InChI=1S/C18H20N2O3/c1-12-6-4-7-15(13(12)2)20-10-9-19(14(3)17(20)21)18(22)16-8-5-11-23-16/h4-8,11,14H,9-10H2,1-3H3/t14-/m0/s1. The molecular weight excluding hydrogens is 292 g/mol. The minimum Gasteiger partial charge on any atom is -0.459 e. The Morgan fingerprint density at radius 2 is 1.96 bits per heavy atom. The van der Waals surface area contributed by atoms with E-state index >= 15 is 0 Å². The molecule has 5 nitrogen and oxygen atoms in total. The zero-order chi connectivity index (χ0) is 16.6. The van der Waals surface area contributed by atoms with Crippen LogP contribution in [0.15, 0.2) is 41.0 Å². The second-order valence-electron chi connectivity index (χ2n) is 5.86. The Labute approximate surface area is 135 Å². The summed E-state index contributed by atoms with van der Waals surface area (Å²) in [6.45, 7) is 6.78. The van der Waals surface area contributed by atoms with E-state index in [1.165, 1.54) is 6.26 Å². The third-order valence-corrected chi connectivity index (χ3v) is 4.52. The van der Waals surface area contributed by atoms with Crippen LogP contribution in [0.1, 0.15) is 28.6 Å². The number of anilines is 1. The summed E-state index contributed by atoms with van der Waals surface area (Å²) in [6, 6.07) is 8.72. The van der Waals surface area contributed by atoms with E-state index in [-0.39, 0.29) is 17.6 Å². The maximum atomic E-state index is 12.8. The van der Waals surface area contributed by atoms with Gasteiger partial charge in [-0.1, -0.05) is 12.1 Å². The molecular formula is C18H20N2O3. The van der Waals surface area contributed by atoms with Crippen LogP contribution in [0.5, 0.6) is 0 Å². The molecule has 0 bridgehead atoms. The average molecular weight is 312 g/mol. The molecule has 0 N–H and O–H groups in total. The van der Waals surface area contributed by atoms with Crippen LogP contribution in [0, 0.1) is 13.8 Å². The smallest absolute Gasteiger partial charge is 0.290 e. The van der Waals surface area contributed by atoms with E-state index in [1.54, 1.807) is 28.9 Å². The van der Waals surface area contributed by atoms with Gasteiger partial charge in [-0.3, -0.25) is 9.59 Å². The summed E-state index contributed by atoms with van der Waals surface area (Å²) < 4.78 is 5.16. The van der Waals surface area contributed by atoms with Crippen molar-refractivity contribution >= 4 is 17.5 Å². The molecule has 1 aromatic carbocycles. The molecule has 0 radical (unpaired) electrons. The number of hydrogen-bond acceptors (Lipinski definition) is 3. The summed E-state index contributed by atoms with van der Waals surface area (Å²) in [6.07, 6.45) is 1.46. The van der Waals surface area contributed by atoms with Gasteiger partial charge in [-0.05, 0) is 50.1 Å². The van der Waals surface area contributed by atoms with Crippen molar-refractivity contribution in [2.75, 3.05) is 18.0 Å². The van der Waals surface area contributed by atoms with E-state index in [0.717, 1.165) is 16.8 Å². The van der Waals surface area contributed by atoms with Crippen molar-refractivity contribution in [3.63, 3.8) is 0 Å². The first kappa shape index (κ1) is 15.3. The summed E-state index contributed by atoms with van der Waals surface area (Å²) in [5.41, 5.74) is 3.17. The Kier molecular flexibility index (Phi) is 3.94. The molecule has 0 aliphatic carbocycles. The lowest BCUT2D eigenvalue weighted by Crippen LogP contribution is -2.57. The van der Waals surface area contributed by atoms with Crippen LogP contribution < -0.4 is 4.90 Å². The number of furan rings is 1. The molecule has 23 heavy (non-hydrogen) atoms. The first-order chi connectivity index (χ1) is 11.0. The number of aryl methyl sites for hydroxylation is 1. The number of amides is 2. The number of hydrogen-bond donors (Lipinski definition) is 0. The largest absolute Gasteiger partial charge is 0.459 e.